The molecule has 1 heterocycles. The fourth-order valence-corrected chi connectivity index (χ4v) is 3.25. The maximum absolute atomic E-state index is 12.1. The van der Waals surface area contributed by atoms with Crippen molar-refractivity contribution in [3.8, 4) is 0 Å². The molecule has 0 saturated carbocycles. The van der Waals surface area contributed by atoms with Crippen molar-refractivity contribution in [3.63, 3.8) is 0 Å². The van der Waals surface area contributed by atoms with E-state index in [9.17, 15) is 4.79 Å². The molecule has 0 spiro atoms. The van der Waals surface area contributed by atoms with Gasteiger partial charge < -0.3 is 4.74 Å². The van der Waals surface area contributed by atoms with Crippen molar-refractivity contribution in [1.82, 2.24) is 0 Å². The highest BCUT2D eigenvalue weighted by Crippen LogP contribution is 2.30. The average molecular weight is 302 g/mol. The SMILES string of the molecule is O=C1OC(c2ccc3c(c2)CCCC3)=C/C1=C/c1ccccc1. The molecule has 1 aliphatic heterocycles. The van der Waals surface area contributed by atoms with Gasteiger partial charge in [-0.3, -0.25) is 0 Å². The van der Waals surface area contributed by atoms with E-state index < -0.39 is 0 Å². The highest BCUT2D eigenvalue weighted by Gasteiger charge is 2.22. The van der Waals surface area contributed by atoms with Crippen molar-refractivity contribution in [3.05, 3.63) is 82.4 Å². The number of hydrogen-bond donors (Lipinski definition) is 0. The molecule has 0 aromatic heterocycles. The minimum absolute atomic E-state index is 0.276. The van der Waals surface area contributed by atoms with Crippen molar-refractivity contribution in [2.45, 2.75) is 25.7 Å². The lowest BCUT2D eigenvalue weighted by Crippen LogP contribution is -2.03. The average Bonchev–Trinajstić information content (AvgIpc) is 2.96. The molecular weight excluding hydrogens is 284 g/mol. The number of cyclic esters (lactones) is 1. The van der Waals surface area contributed by atoms with E-state index in [1.54, 1.807) is 0 Å². The minimum atomic E-state index is -0.276. The number of aryl methyl sites for hydroxylation is 2. The maximum atomic E-state index is 12.1. The first-order chi connectivity index (χ1) is 11.3. The molecule has 2 aromatic carbocycles. The fourth-order valence-electron chi connectivity index (χ4n) is 3.25. The second kappa shape index (κ2) is 5.88. The molecule has 23 heavy (non-hydrogen) atoms. The van der Waals surface area contributed by atoms with Crippen LogP contribution in [0.5, 0.6) is 0 Å². The first-order valence-corrected chi connectivity index (χ1v) is 8.12. The maximum Gasteiger partial charge on any atom is 0.343 e. The predicted molar refractivity (Wildman–Crippen MR) is 91.6 cm³/mol. The second-order valence-electron chi connectivity index (χ2n) is 6.10. The molecule has 0 unspecified atom stereocenters. The van der Waals surface area contributed by atoms with Crippen molar-refractivity contribution in [2.24, 2.45) is 0 Å². The lowest BCUT2D eigenvalue weighted by molar-refractivity contribution is -0.130. The zero-order valence-corrected chi connectivity index (χ0v) is 12.9. The van der Waals surface area contributed by atoms with Crippen LogP contribution in [0.2, 0.25) is 0 Å². The summed E-state index contributed by atoms with van der Waals surface area (Å²) in [7, 11) is 0. The van der Waals surface area contributed by atoms with Crippen molar-refractivity contribution in [2.75, 3.05) is 0 Å². The third-order valence-corrected chi connectivity index (χ3v) is 4.48. The molecule has 0 N–H and O–H groups in total. The minimum Gasteiger partial charge on any atom is -0.422 e. The summed E-state index contributed by atoms with van der Waals surface area (Å²) < 4.78 is 5.48. The molecule has 0 amide bonds. The Balaban J connectivity index is 1.66. The quantitative estimate of drug-likeness (QED) is 0.601. The van der Waals surface area contributed by atoms with Crippen LogP contribution in [-0.4, -0.2) is 5.97 Å². The molecule has 2 heteroatoms. The Morgan fingerprint density at radius 1 is 0.913 bits per heavy atom. The standard InChI is InChI=1S/C21H18O2/c22-21-19(12-15-6-2-1-3-7-15)14-20(23-21)18-11-10-16-8-4-5-9-17(16)13-18/h1-3,6-7,10-14H,4-5,8-9H2/b19-12-. The van der Waals surface area contributed by atoms with Gasteiger partial charge in [0.1, 0.15) is 5.76 Å². The van der Waals surface area contributed by atoms with Crippen LogP contribution in [0.25, 0.3) is 11.8 Å². The molecular formula is C21H18O2. The van der Waals surface area contributed by atoms with Gasteiger partial charge in [-0.1, -0.05) is 42.5 Å². The Hall–Kier alpha value is -2.61. The zero-order valence-electron chi connectivity index (χ0n) is 12.9. The van der Waals surface area contributed by atoms with Crippen LogP contribution in [0, 0.1) is 0 Å². The molecule has 0 fully saturated rings. The zero-order chi connectivity index (χ0) is 15.6. The number of carbonyl (C=O) groups excluding carboxylic acids is 1. The largest absolute Gasteiger partial charge is 0.422 e. The predicted octanol–water partition coefficient (Wildman–Crippen LogP) is 4.55. The summed E-state index contributed by atoms with van der Waals surface area (Å²) >= 11 is 0. The lowest BCUT2D eigenvalue weighted by atomic mass is 9.90. The third kappa shape index (κ3) is 2.85. The topological polar surface area (TPSA) is 26.3 Å². The Kier molecular flexibility index (Phi) is 3.58. The summed E-state index contributed by atoms with van der Waals surface area (Å²) in [6.45, 7) is 0. The van der Waals surface area contributed by atoms with Gasteiger partial charge in [0.2, 0.25) is 0 Å². The molecule has 0 bridgehead atoms. The van der Waals surface area contributed by atoms with Gasteiger partial charge in [-0.15, -0.1) is 0 Å². The lowest BCUT2D eigenvalue weighted by Gasteiger charge is -2.16. The van der Waals surface area contributed by atoms with E-state index in [1.165, 1.54) is 24.0 Å². The van der Waals surface area contributed by atoms with Crippen LogP contribution >= 0.6 is 0 Å². The Labute approximate surface area is 136 Å². The van der Waals surface area contributed by atoms with E-state index in [2.05, 4.69) is 18.2 Å². The van der Waals surface area contributed by atoms with Gasteiger partial charge in [0, 0.05) is 5.56 Å². The van der Waals surface area contributed by atoms with E-state index in [0.29, 0.717) is 11.3 Å². The fraction of sp³-hybridized carbons (Fsp3) is 0.190. The second-order valence-corrected chi connectivity index (χ2v) is 6.10. The molecule has 0 saturated heterocycles. The van der Waals surface area contributed by atoms with Crippen molar-refractivity contribution in [1.29, 1.82) is 0 Å². The van der Waals surface area contributed by atoms with Crippen molar-refractivity contribution < 1.29 is 9.53 Å². The summed E-state index contributed by atoms with van der Waals surface area (Å²) in [5, 5.41) is 0. The molecule has 2 aliphatic rings. The van der Waals surface area contributed by atoms with E-state index in [0.717, 1.165) is 24.0 Å². The molecule has 2 nitrogen and oxygen atoms in total. The van der Waals surface area contributed by atoms with Gasteiger partial charge in [-0.25, -0.2) is 4.79 Å². The van der Waals surface area contributed by atoms with Gasteiger partial charge in [0.15, 0.2) is 0 Å². The Bertz CT molecular complexity index is 813. The normalized spacial score (nSPS) is 18.5. The highest BCUT2D eigenvalue weighted by atomic mass is 16.5. The van der Waals surface area contributed by atoms with Gasteiger partial charge in [-0.05, 0) is 60.6 Å². The molecule has 0 atom stereocenters. The first-order valence-electron chi connectivity index (χ1n) is 8.12. The number of fused-ring (bicyclic) bond motifs is 1. The van der Waals surface area contributed by atoms with Crippen LogP contribution in [-0.2, 0) is 22.4 Å². The molecule has 114 valence electrons. The van der Waals surface area contributed by atoms with Crippen molar-refractivity contribution >= 4 is 17.8 Å². The van der Waals surface area contributed by atoms with E-state index >= 15 is 0 Å². The van der Waals surface area contributed by atoms with Gasteiger partial charge >= 0.3 is 5.97 Å². The van der Waals surface area contributed by atoms with Gasteiger partial charge in [0.05, 0.1) is 5.57 Å². The molecule has 4 rings (SSSR count). The number of esters is 1. The molecule has 2 aromatic rings. The number of hydrogen-bond acceptors (Lipinski definition) is 2. The van der Waals surface area contributed by atoms with E-state index in [1.807, 2.05) is 42.5 Å². The number of carbonyl (C=O) groups is 1. The summed E-state index contributed by atoms with van der Waals surface area (Å²) in [4.78, 5) is 12.1. The number of rotatable bonds is 2. The van der Waals surface area contributed by atoms with Gasteiger partial charge in [-0.2, -0.15) is 0 Å². The molecule has 1 aliphatic carbocycles. The van der Waals surface area contributed by atoms with Crippen LogP contribution in [0.4, 0.5) is 0 Å². The Morgan fingerprint density at radius 3 is 2.52 bits per heavy atom. The van der Waals surface area contributed by atoms with Gasteiger partial charge in [0.25, 0.3) is 0 Å². The number of ether oxygens (including phenoxy) is 1. The van der Waals surface area contributed by atoms with Crippen LogP contribution in [0.1, 0.15) is 35.1 Å². The summed E-state index contributed by atoms with van der Waals surface area (Å²) in [5.41, 5.74) is 5.43. The van der Waals surface area contributed by atoms with Crippen LogP contribution in [0.3, 0.4) is 0 Å². The van der Waals surface area contributed by atoms with E-state index in [4.69, 9.17) is 4.74 Å². The third-order valence-electron chi connectivity index (χ3n) is 4.48. The number of benzene rings is 2. The van der Waals surface area contributed by atoms with Crippen LogP contribution in [0.15, 0.2) is 60.2 Å². The highest BCUT2D eigenvalue weighted by molar-refractivity contribution is 6.05. The summed E-state index contributed by atoms with van der Waals surface area (Å²) in [6.07, 6.45) is 8.51. The monoisotopic (exact) mass is 302 g/mol. The Morgan fingerprint density at radius 2 is 1.70 bits per heavy atom. The van der Waals surface area contributed by atoms with Crippen LogP contribution < -0.4 is 0 Å². The smallest absolute Gasteiger partial charge is 0.343 e. The first kappa shape index (κ1) is 14.0. The summed E-state index contributed by atoms with van der Waals surface area (Å²) in [6, 6.07) is 16.3. The molecule has 0 radical (unpaired) electrons. The summed E-state index contributed by atoms with van der Waals surface area (Å²) in [5.74, 6) is 0.382. The van der Waals surface area contributed by atoms with E-state index in [-0.39, 0.29) is 5.97 Å².